The number of thiophene rings is 1. The number of hydrogen-bond acceptors (Lipinski definition) is 4. The largest absolute Gasteiger partial charge is 0.411 e. The summed E-state index contributed by atoms with van der Waals surface area (Å²) >= 11 is 1.58. The summed E-state index contributed by atoms with van der Waals surface area (Å²) in [5.74, 6) is -0.443. The first-order valence-electron chi connectivity index (χ1n) is 6.78. The molecule has 0 aromatic carbocycles. The van der Waals surface area contributed by atoms with Gasteiger partial charge in [0, 0.05) is 30.3 Å². The number of amides is 1. The van der Waals surface area contributed by atoms with Crippen LogP contribution in [0.25, 0.3) is 10.0 Å². The molecule has 0 aliphatic carbocycles. The zero-order valence-corrected chi connectivity index (χ0v) is 12.9. The van der Waals surface area contributed by atoms with Gasteiger partial charge in [-0.3, -0.25) is 4.79 Å². The highest BCUT2D eigenvalue weighted by Crippen LogP contribution is 2.16. The molecule has 0 aliphatic rings. The highest BCUT2D eigenvalue weighted by Gasteiger charge is 2.16. The lowest BCUT2D eigenvalue weighted by Crippen LogP contribution is -2.30. The van der Waals surface area contributed by atoms with E-state index in [0.717, 1.165) is 15.6 Å². The van der Waals surface area contributed by atoms with Crippen molar-refractivity contribution in [2.45, 2.75) is 0 Å². The minimum Gasteiger partial charge on any atom is -0.411 e. The fourth-order valence-corrected chi connectivity index (χ4v) is 3.04. The van der Waals surface area contributed by atoms with E-state index in [4.69, 9.17) is 10.9 Å². The number of hydrogen-bond donors (Lipinski definition) is 2. The number of rotatable bonds is 4. The molecule has 0 unspecified atom stereocenters. The molecule has 0 bridgehead atoms. The third kappa shape index (κ3) is 3.24. The van der Waals surface area contributed by atoms with Gasteiger partial charge in [0.05, 0.1) is 17.3 Å². The fourth-order valence-electron chi connectivity index (χ4n) is 2.11. The van der Waals surface area contributed by atoms with Crippen LogP contribution in [-0.2, 0) is 0 Å². The van der Waals surface area contributed by atoms with Gasteiger partial charge in [-0.1, -0.05) is 5.16 Å². The number of nitrogens with zero attached hydrogens (tertiary/aromatic N) is 3. The molecule has 1 amide bonds. The van der Waals surface area contributed by atoms with E-state index in [2.05, 4.69) is 5.16 Å². The van der Waals surface area contributed by atoms with Crippen LogP contribution in [0.4, 0.5) is 0 Å². The van der Waals surface area contributed by atoms with Gasteiger partial charge in [-0.15, -0.1) is 0 Å². The van der Waals surface area contributed by atoms with Crippen LogP contribution in [0.3, 0.4) is 0 Å². The third-order valence-electron chi connectivity index (χ3n) is 3.23. The molecule has 0 atom stereocenters. The van der Waals surface area contributed by atoms with Crippen molar-refractivity contribution >= 4 is 23.5 Å². The Morgan fingerprint density at radius 3 is 2.43 bits per heavy atom. The van der Waals surface area contributed by atoms with E-state index in [1.54, 1.807) is 35.9 Å². The van der Waals surface area contributed by atoms with Gasteiger partial charge in [0.25, 0.3) is 10.0 Å². The van der Waals surface area contributed by atoms with Gasteiger partial charge >= 0.3 is 0 Å². The zero-order chi connectivity index (χ0) is 16.2. The van der Waals surface area contributed by atoms with Gasteiger partial charge in [0.2, 0.25) is 5.91 Å². The maximum Gasteiger partial charge on any atom is 0.273 e. The smallest absolute Gasteiger partial charge is 0.273 e. The lowest BCUT2D eigenvalue weighted by molar-refractivity contribution is -0.594. The van der Waals surface area contributed by atoms with Gasteiger partial charge in [0.1, 0.15) is 0 Å². The minimum atomic E-state index is -0.443. The summed E-state index contributed by atoms with van der Waals surface area (Å²) in [6.45, 7) is 0. The highest BCUT2D eigenvalue weighted by atomic mass is 32.1. The molecule has 3 aromatic rings. The van der Waals surface area contributed by atoms with Crippen molar-refractivity contribution in [1.29, 1.82) is 0 Å². The molecule has 0 radical (unpaired) electrons. The second-order valence-electron chi connectivity index (χ2n) is 4.76. The number of nitrogens with two attached hydrogens (primary N) is 1. The number of oxime groups is 1. The molecule has 6 nitrogen and oxygen atoms in total. The molecule has 3 N–H and O–H groups in total. The van der Waals surface area contributed by atoms with E-state index >= 15 is 0 Å². The summed E-state index contributed by atoms with van der Waals surface area (Å²) in [5.41, 5.74) is 6.51. The molecule has 23 heavy (non-hydrogen) atoms. The first-order valence-corrected chi connectivity index (χ1v) is 7.59. The van der Waals surface area contributed by atoms with Crippen molar-refractivity contribution in [3.05, 3.63) is 72.3 Å². The second kappa shape index (κ2) is 6.37. The Morgan fingerprint density at radius 1 is 1.09 bits per heavy atom. The van der Waals surface area contributed by atoms with E-state index in [1.165, 1.54) is 6.21 Å². The van der Waals surface area contributed by atoms with Crippen LogP contribution in [0, 0.1) is 0 Å². The minimum absolute atomic E-state index is 0.443. The molecule has 0 fully saturated rings. The lowest BCUT2D eigenvalue weighted by Gasteiger charge is -1.94. The maximum absolute atomic E-state index is 11.1. The van der Waals surface area contributed by atoms with Gasteiger partial charge in [0.15, 0.2) is 24.8 Å². The predicted molar refractivity (Wildman–Crippen MR) is 85.3 cm³/mol. The molecule has 0 aliphatic heterocycles. The average molecular weight is 326 g/mol. The Kier molecular flexibility index (Phi) is 4.11. The Morgan fingerprint density at radius 2 is 1.78 bits per heavy atom. The molecule has 114 valence electrons. The summed E-state index contributed by atoms with van der Waals surface area (Å²) < 4.78 is 3.86. The van der Waals surface area contributed by atoms with Crippen molar-refractivity contribution in [3.63, 3.8) is 0 Å². The topological polar surface area (TPSA) is 83.4 Å². The Labute approximate surface area is 136 Å². The quantitative estimate of drug-likeness (QED) is 0.327. The number of pyridine rings is 2. The normalized spacial score (nSPS) is 11.0. The summed E-state index contributed by atoms with van der Waals surface area (Å²) in [6, 6.07) is 11.1. The van der Waals surface area contributed by atoms with Gasteiger partial charge in [-0.25, -0.2) is 0 Å². The first kappa shape index (κ1) is 14.9. The number of carbonyl (C=O) groups excluding carboxylic acids is 1. The molecule has 3 aromatic heterocycles. The fraction of sp³-hybridized carbons (Fsp3) is 0. The van der Waals surface area contributed by atoms with Crippen LogP contribution in [0.2, 0.25) is 0 Å². The number of aromatic nitrogens is 2. The van der Waals surface area contributed by atoms with Crippen LogP contribution >= 0.6 is 11.3 Å². The predicted octanol–water partition coefficient (Wildman–Crippen LogP) is 1.21. The van der Waals surface area contributed by atoms with Gasteiger partial charge in [-0.2, -0.15) is 9.13 Å². The molecule has 0 saturated heterocycles. The van der Waals surface area contributed by atoms with Gasteiger partial charge < -0.3 is 10.9 Å². The molecule has 7 heteroatoms. The highest BCUT2D eigenvalue weighted by molar-refractivity contribution is 7.15. The van der Waals surface area contributed by atoms with Crippen LogP contribution < -0.4 is 14.9 Å². The van der Waals surface area contributed by atoms with Crippen LogP contribution in [0.1, 0.15) is 15.9 Å². The molecule has 3 heterocycles. The second-order valence-corrected chi connectivity index (χ2v) is 5.80. The molecular formula is C16H14N4O2S+2. The standard InChI is InChI=1S/C16H12N4O2S/c17-16(21)13-5-8-19(9-6-13)14-3-4-15(23-14)20-7-1-2-12(11-20)10-18-22/h1-11H,(H-2,17,21,22)/p+2/b18-10+. The van der Waals surface area contributed by atoms with Crippen LogP contribution in [0.15, 0.2) is 66.3 Å². The zero-order valence-electron chi connectivity index (χ0n) is 12.0. The van der Waals surface area contributed by atoms with Crippen LogP contribution in [0.5, 0.6) is 0 Å². The summed E-state index contributed by atoms with van der Waals surface area (Å²) in [5, 5.41) is 13.7. The average Bonchev–Trinajstić information content (AvgIpc) is 3.05. The number of primary amides is 1. The number of carbonyl (C=O) groups is 1. The SMILES string of the molecule is NC(=O)c1cc[n+](-c2ccc(-[n+]3cccc(/C=N/O)c3)s2)cc1. The maximum atomic E-state index is 11.1. The summed E-state index contributed by atoms with van der Waals surface area (Å²) in [6.07, 6.45) is 8.77. The van der Waals surface area contributed by atoms with Crippen molar-refractivity contribution in [2.24, 2.45) is 10.9 Å². The summed E-state index contributed by atoms with van der Waals surface area (Å²) in [4.78, 5) is 11.1. The Balaban J connectivity index is 1.91. The van der Waals surface area contributed by atoms with E-state index in [0.29, 0.717) is 5.56 Å². The lowest BCUT2D eigenvalue weighted by atomic mass is 10.2. The first-order chi connectivity index (χ1) is 11.2. The van der Waals surface area contributed by atoms with E-state index in [-0.39, 0.29) is 0 Å². The molecule has 0 saturated carbocycles. The van der Waals surface area contributed by atoms with Crippen LogP contribution in [-0.4, -0.2) is 17.3 Å². The van der Waals surface area contributed by atoms with Crippen molar-refractivity contribution in [3.8, 4) is 10.0 Å². The van der Waals surface area contributed by atoms with E-state index < -0.39 is 5.91 Å². The Hall–Kier alpha value is -3.06. The van der Waals surface area contributed by atoms with Crippen molar-refractivity contribution < 1.29 is 19.1 Å². The van der Waals surface area contributed by atoms with Gasteiger partial charge in [-0.05, 0) is 17.4 Å². The van der Waals surface area contributed by atoms with Crippen molar-refractivity contribution in [2.75, 3.05) is 0 Å². The summed E-state index contributed by atoms with van der Waals surface area (Å²) in [7, 11) is 0. The third-order valence-corrected chi connectivity index (χ3v) is 4.34. The van der Waals surface area contributed by atoms with Crippen molar-refractivity contribution in [1.82, 2.24) is 0 Å². The Bertz CT molecular complexity index is 872. The molecule has 3 rings (SSSR count). The monoisotopic (exact) mass is 326 g/mol. The van der Waals surface area contributed by atoms with E-state index in [9.17, 15) is 4.79 Å². The molecule has 0 spiro atoms. The van der Waals surface area contributed by atoms with E-state index in [1.807, 2.05) is 45.8 Å². The molecular weight excluding hydrogens is 312 g/mol.